The molecule has 4 nitrogen and oxygen atoms in total. The number of hydrogen-bond acceptors (Lipinski definition) is 4. The number of halogens is 2. The molecule has 0 saturated heterocycles. The first-order valence-electron chi connectivity index (χ1n) is 8.61. The van der Waals surface area contributed by atoms with E-state index in [1.165, 1.54) is 5.56 Å². The average molecular weight is 448 g/mol. The topological polar surface area (TPSA) is 43.4 Å². The summed E-state index contributed by atoms with van der Waals surface area (Å²) in [6, 6.07) is 19.3. The van der Waals surface area contributed by atoms with Gasteiger partial charge in [0.25, 0.3) is 0 Å². The van der Waals surface area contributed by atoms with Gasteiger partial charge in [0.05, 0.1) is 4.47 Å². The first kappa shape index (κ1) is 19.7. The molecule has 0 aliphatic carbocycles. The number of ether oxygens (including phenoxy) is 2. The van der Waals surface area contributed by atoms with E-state index < -0.39 is 0 Å². The zero-order valence-corrected chi connectivity index (χ0v) is 17.0. The first-order chi connectivity index (χ1) is 13.2. The molecule has 3 rings (SSSR count). The first-order valence-corrected chi connectivity index (χ1v) is 9.78. The lowest BCUT2D eigenvalue weighted by atomic mass is 10.2. The van der Waals surface area contributed by atoms with Gasteiger partial charge in [-0.2, -0.15) is 0 Å². The van der Waals surface area contributed by atoms with E-state index in [9.17, 15) is 0 Å². The molecule has 0 unspecified atom stereocenters. The Morgan fingerprint density at radius 2 is 1.78 bits per heavy atom. The van der Waals surface area contributed by atoms with Crippen molar-refractivity contribution in [2.45, 2.75) is 13.2 Å². The third-order valence-electron chi connectivity index (χ3n) is 3.80. The Hall–Kier alpha value is -2.08. The second kappa shape index (κ2) is 10.3. The number of nitrogens with one attached hydrogen (secondary N) is 1. The summed E-state index contributed by atoms with van der Waals surface area (Å²) in [5.74, 6) is 1.46. The van der Waals surface area contributed by atoms with Gasteiger partial charge in [-0.3, -0.25) is 0 Å². The van der Waals surface area contributed by atoms with Crippen molar-refractivity contribution in [2.75, 3.05) is 13.2 Å². The molecule has 0 atom stereocenters. The maximum absolute atomic E-state index is 5.90. The summed E-state index contributed by atoms with van der Waals surface area (Å²) in [4.78, 5) is 4.12. The van der Waals surface area contributed by atoms with Crippen LogP contribution in [0.15, 0.2) is 71.3 Å². The predicted molar refractivity (Wildman–Crippen MR) is 111 cm³/mol. The fourth-order valence-electron chi connectivity index (χ4n) is 2.41. The van der Waals surface area contributed by atoms with Gasteiger partial charge in [-0.15, -0.1) is 0 Å². The number of nitrogens with zero attached hydrogens (tertiary/aromatic N) is 1. The molecule has 2 aromatic carbocycles. The third kappa shape index (κ3) is 6.54. The van der Waals surface area contributed by atoms with E-state index in [4.69, 9.17) is 21.1 Å². The van der Waals surface area contributed by atoms with Crippen LogP contribution in [0, 0.1) is 0 Å². The van der Waals surface area contributed by atoms with Crippen LogP contribution in [0.1, 0.15) is 11.1 Å². The second-order valence-corrected chi connectivity index (χ2v) is 7.16. The summed E-state index contributed by atoms with van der Waals surface area (Å²) >= 11 is 9.48. The quantitative estimate of drug-likeness (QED) is 0.455. The van der Waals surface area contributed by atoms with Gasteiger partial charge in [0.1, 0.15) is 19.0 Å². The minimum absolute atomic E-state index is 0.498. The highest BCUT2D eigenvalue weighted by atomic mass is 79.9. The van der Waals surface area contributed by atoms with Gasteiger partial charge in [-0.05, 0) is 57.4 Å². The number of rotatable bonds is 9. The fourth-order valence-corrected chi connectivity index (χ4v) is 3.07. The molecule has 0 bridgehead atoms. The standard InChI is InChI=1S/C21H20BrClN2O2/c22-19-13-17(14-24-11-12-26-21-3-1-2-10-25-21)6-9-20(19)27-15-16-4-7-18(23)8-5-16/h1-10,13,24H,11-12,14-15H2. The molecule has 1 aromatic heterocycles. The van der Waals surface area contributed by atoms with Crippen molar-refractivity contribution < 1.29 is 9.47 Å². The van der Waals surface area contributed by atoms with Gasteiger partial charge in [-0.25, -0.2) is 4.98 Å². The molecule has 1 heterocycles. The molecule has 6 heteroatoms. The summed E-state index contributed by atoms with van der Waals surface area (Å²) < 4.78 is 12.4. The maximum atomic E-state index is 5.90. The van der Waals surface area contributed by atoms with Crippen LogP contribution >= 0.6 is 27.5 Å². The monoisotopic (exact) mass is 446 g/mol. The minimum atomic E-state index is 0.498. The van der Waals surface area contributed by atoms with Crippen LogP contribution in [-0.4, -0.2) is 18.1 Å². The van der Waals surface area contributed by atoms with E-state index in [1.807, 2.05) is 48.5 Å². The maximum Gasteiger partial charge on any atom is 0.213 e. The average Bonchev–Trinajstić information content (AvgIpc) is 2.69. The number of aromatic nitrogens is 1. The van der Waals surface area contributed by atoms with Gasteiger partial charge >= 0.3 is 0 Å². The SMILES string of the molecule is Clc1ccc(COc2ccc(CNCCOc3ccccn3)cc2Br)cc1. The van der Waals surface area contributed by atoms with Crippen LogP contribution in [0.3, 0.4) is 0 Å². The van der Waals surface area contributed by atoms with E-state index in [-0.39, 0.29) is 0 Å². The lowest BCUT2D eigenvalue weighted by molar-refractivity contribution is 0.301. The van der Waals surface area contributed by atoms with Crippen molar-refractivity contribution in [3.05, 3.63) is 87.5 Å². The molecule has 0 spiro atoms. The van der Waals surface area contributed by atoms with E-state index in [1.54, 1.807) is 6.20 Å². The van der Waals surface area contributed by atoms with Crippen molar-refractivity contribution in [3.63, 3.8) is 0 Å². The molecule has 0 radical (unpaired) electrons. The Labute approximate surface area is 172 Å². The van der Waals surface area contributed by atoms with Crippen LogP contribution in [0.5, 0.6) is 11.6 Å². The van der Waals surface area contributed by atoms with E-state index >= 15 is 0 Å². The largest absolute Gasteiger partial charge is 0.488 e. The van der Waals surface area contributed by atoms with E-state index in [2.05, 4.69) is 38.4 Å². The van der Waals surface area contributed by atoms with Crippen LogP contribution in [0.25, 0.3) is 0 Å². The number of pyridine rings is 1. The van der Waals surface area contributed by atoms with Crippen molar-refractivity contribution in [1.29, 1.82) is 0 Å². The lowest BCUT2D eigenvalue weighted by Gasteiger charge is -2.11. The molecule has 3 aromatic rings. The zero-order valence-electron chi connectivity index (χ0n) is 14.7. The van der Waals surface area contributed by atoms with Crippen LogP contribution < -0.4 is 14.8 Å². The molecule has 0 saturated carbocycles. The number of hydrogen-bond donors (Lipinski definition) is 1. The van der Waals surface area contributed by atoms with E-state index in [0.29, 0.717) is 19.1 Å². The third-order valence-corrected chi connectivity index (χ3v) is 4.67. The molecular weight excluding hydrogens is 428 g/mol. The summed E-state index contributed by atoms with van der Waals surface area (Å²) in [7, 11) is 0. The second-order valence-electron chi connectivity index (χ2n) is 5.87. The van der Waals surface area contributed by atoms with Crippen LogP contribution in [-0.2, 0) is 13.2 Å². The lowest BCUT2D eigenvalue weighted by Crippen LogP contribution is -2.20. The molecule has 1 N–H and O–H groups in total. The Morgan fingerprint density at radius 3 is 2.52 bits per heavy atom. The van der Waals surface area contributed by atoms with Crippen molar-refractivity contribution in [3.8, 4) is 11.6 Å². The molecule has 0 amide bonds. The van der Waals surface area contributed by atoms with Crippen LogP contribution in [0.2, 0.25) is 5.02 Å². The summed E-state index contributed by atoms with van der Waals surface area (Å²) in [6.45, 7) is 2.56. The Kier molecular flexibility index (Phi) is 7.51. The highest BCUT2D eigenvalue weighted by Crippen LogP contribution is 2.27. The Bertz CT molecular complexity index is 845. The molecule has 140 valence electrons. The Morgan fingerprint density at radius 1 is 0.963 bits per heavy atom. The minimum Gasteiger partial charge on any atom is -0.488 e. The molecular formula is C21H20BrClN2O2. The summed E-state index contributed by atoms with van der Waals surface area (Å²) in [5, 5.41) is 4.08. The normalized spacial score (nSPS) is 10.6. The van der Waals surface area contributed by atoms with Crippen LogP contribution in [0.4, 0.5) is 0 Å². The van der Waals surface area contributed by atoms with Crippen molar-refractivity contribution in [1.82, 2.24) is 10.3 Å². The van der Waals surface area contributed by atoms with Gasteiger partial charge in [0, 0.05) is 30.4 Å². The highest BCUT2D eigenvalue weighted by Gasteiger charge is 2.04. The van der Waals surface area contributed by atoms with Crippen molar-refractivity contribution >= 4 is 27.5 Å². The number of benzene rings is 2. The zero-order chi connectivity index (χ0) is 18.9. The van der Waals surface area contributed by atoms with Gasteiger partial charge in [-0.1, -0.05) is 35.9 Å². The van der Waals surface area contributed by atoms with Gasteiger partial charge in [0.2, 0.25) is 5.88 Å². The van der Waals surface area contributed by atoms with E-state index in [0.717, 1.165) is 33.9 Å². The van der Waals surface area contributed by atoms with Gasteiger partial charge in [0.15, 0.2) is 0 Å². The summed E-state index contributed by atoms with van der Waals surface area (Å²) in [5.41, 5.74) is 2.24. The molecule has 0 aliphatic heterocycles. The summed E-state index contributed by atoms with van der Waals surface area (Å²) in [6.07, 6.45) is 1.72. The fraction of sp³-hybridized carbons (Fsp3) is 0.190. The molecule has 0 fully saturated rings. The highest BCUT2D eigenvalue weighted by molar-refractivity contribution is 9.10. The van der Waals surface area contributed by atoms with Crippen molar-refractivity contribution in [2.24, 2.45) is 0 Å². The molecule has 0 aliphatic rings. The molecule has 27 heavy (non-hydrogen) atoms. The Balaban J connectivity index is 1.41. The predicted octanol–water partition coefficient (Wildman–Crippen LogP) is 5.25. The van der Waals surface area contributed by atoms with Gasteiger partial charge < -0.3 is 14.8 Å². The smallest absolute Gasteiger partial charge is 0.213 e.